The van der Waals surface area contributed by atoms with Gasteiger partial charge in [0.1, 0.15) is 5.78 Å². The number of carbonyl (C=O) groups excluding carboxylic acids is 1. The van der Waals surface area contributed by atoms with Crippen LogP contribution in [0.3, 0.4) is 0 Å². The predicted molar refractivity (Wildman–Crippen MR) is 54.7 cm³/mol. The van der Waals surface area contributed by atoms with Gasteiger partial charge < -0.3 is 0 Å². The summed E-state index contributed by atoms with van der Waals surface area (Å²) < 4.78 is 0. The summed E-state index contributed by atoms with van der Waals surface area (Å²) in [6.45, 7) is 8.19. The van der Waals surface area contributed by atoms with Crippen LogP contribution >= 0.6 is 0 Å². The monoisotopic (exact) mass is 183 g/mol. The minimum atomic E-state index is 0.137. The molecule has 0 amide bonds. The number of hydrogen-bond acceptors (Lipinski definition) is 2. The van der Waals surface area contributed by atoms with Crippen LogP contribution in [0, 0.1) is 5.92 Å². The Balaban J connectivity index is 2.36. The Labute approximate surface area is 81.3 Å². The zero-order valence-electron chi connectivity index (χ0n) is 9.05. The highest BCUT2D eigenvalue weighted by Crippen LogP contribution is 2.21. The molecule has 0 aromatic carbocycles. The zero-order valence-corrected chi connectivity index (χ0v) is 9.05. The molecule has 0 saturated carbocycles. The number of nitrogens with zero attached hydrogens (tertiary/aromatic N) is 1. The van der Waals surface area contributed by atoms with E-state index < -0.39 is 0 Å². The number of ketones is 1. The molecule has 1 heterocycles. The molecule has 0 bridgehead atoms. The van der Waals surface area contributed by atoms with Gasteiger partial charge in [-0.25, -0.2) is 0 Å². The largest absolute Gasteiger partial charge is 0.298 e. The fourth-order valence-corrected chi connectivity index (χ4v) is 2.01. The molecule has 1 fully saturated rings. The van der Waals surface area contributed by atoms with Crippen LogP contribution in [0.15, 0.2) is 0 Å². The van der Waals surface area contributed by atoms with Crippen molar-refractivity contribution in [3.05, 3.63) is 0 Å². The maximum Gasteiger partial charge on any atom is 0.146 e. The van der Waals surface area contributed by atoms with Crippen molar-refractivity contribution < 1.29 is 4.79 Å². The van der Waals surface area contributed by atoms with E-state index in [1.54, 1.807) is 6.92 Å². The van der Waals surface area contributed by atoms with Crippen LogP contribution < -0.4 is 0 Å². The summed E-state index contributed by atoms with van der Waals surface area (Å²) in [7, 11) is 0. The second-order valence-electron chi connectivity index (χ2n) is 4.17. The van der Waals surface area contributed by atoms with E-state index in [9.17, 15) is 4.79 Å². The number of hydrogen-bond donors (Lipinski definition) is 0. The minimum absolute atomic E-state index is 0.137. The van der Waals surface area contributed by atoms with Gasteiger partial charge in [0.2, 0.25) is 0 Å². The van der Waals surface area contributed by atoms with E-state index in [0.29, 0.717) is 5.78 Å². The lowest BCUT2D eigenvalue weighted by Gasteiger charge is -2.34. The molecule has 1 aliphatic rings. The molecular weight excluding hydrogens is 162 g/mol. The van der Waals surface area contributed by atoms with Crippen molar-refractivity contribution in [3.63, 3.8) is 0 Å². The van der Waals surface area contributed by atoms with Gasteiger partial charge in [0.15, 0.2) is 0 Å². The molecule has 0 spiro atoms. The maximum atomic E-state index is 11.2. The normalized spacial score (nSPS) is 23.0. The van der Waals surface area contributed by atoms with Crippen LogP contribution in [-0.2, 0) is 4.79 Å². The molecule has 1 atom stereocenters. The third-order valence-corrected chi connectivity index (χ3v) is 3.36. The van der Waals surface area contributed by atoms with Crippen molar-refractivity contribution in [2.75, 3.05) is 13.1 Å². The summed E-state index contributed by atoms with van der Waals surface area (Å²) in [5.41, 5.74) is 0. The van der Waals surface area contributed by atoms with Crippen molar-refractivity contribution in [3.8, 4) is 0 Å². The number of carbonyl (C=O) groups is 1. The van der Waals surface area contributed by atoms with E-state index in [2.05, 4.69) is 11.8 Å². The molecule has 1 unspecified atom stereocenters. The van der Waals surface area contributed by atoms with Gasteiger partial charge >= 0.3 is 0 Å². The first-order valence-corrected chi connectivity index (χ1v) is 5.39. The van der Waals surface area contributed by atoms with Crippen LogP contribution in [-0.4, -0.2) is 29.8 Å². The first kappa shape index (κ1) is 10.7. The summed E-state index contributed by atoms with van der Waals surface area (Å²) in [6.07, 6.45) is 3.84. The second kappa shape index (κ2) is 4.75. The van der Waals surface area contributed by atoms with E-state index in [1.807, 2.05) is 6.92 Å². The van der Waals surface area contributed by atoms with Crippen LogP contribution in [0.2, 0.25) is 0 Å². The number of piperidine rings is 1. The molecule has 1 saturated heterocycles. The van der Waals surface area contributed by atoms with Gasteiger partial charge in [0, 0.05) is 0 Å². The van der Waals surface area contributed by atoms with E-state index in [1.165, 1.54) is 19.3 Å². The van der Waals surface area contributed by atoms with Crippen molar-refractivity contribution in [2.45, 2.75) is 46.1 Å². The third-order valence-electron chi connectivity index (χ3n) is 3.36. The third kappa shape index (κ3) is 2.80. The quantitative estimate of drug-likeness (QED) is 0.667. The van der Waals surface area contributed by atoms with Gasteiger partial charge in [-0.2, -0.15) is 0 Å². The molecule has 2 nitrogen and oxygen atoms in total. The van der Waals surface area contributed by atoms with Gasteiger partial charge in [-0.05, 0) is 45.7 Å². The standard InChI is InChI=1S/C11H21NO/c1-4-11-5-7-12(8-6-11)9(2)10(3)13/h9,11H,4-8H2,1-3H3. The topological polar surface area (TPSA) is 20.3 Å². The smallest absolute Gasteiger partial charge is 0.146 e. The van der Waals surface area contributed by atoms with Crippen LogP contribution in [0.5, 0.6) is 0 Å². The number of rotatable bonds is 3. The average Bonchev–Trinajstić information content (AvgIpc) is 2.17. The highest BCUT2D eigenvalue weighted by molar-refractivity contribution is 5.80. The maximum absolute atomic E-state index is 11.2. The van der Waals surface area contributed by atoms with E-state index in [-0.39, 0.29) is 6.04 Å². The van der Waals surface area contributed by atoms with E-state index in [0.717, 1.165) is 19.0 Å². The Hall–Kier alpha value is -0.370. The van der Waals surface area contributed by atoms with Crippen molar-refractivity contribution in [1.29, 1.82) is 0 Å². The lowest BCUT2D eigenvalue weighted by Crippen LogP contribution is -2.43. The molecule has 76 valence electrons. The summed E-state index contributed by atoms with van der Waals surface area (Å²) in [4.78, 5) is 13.5. The summed E-state index contributed by atoms with van der Waals surface area (Å²) >= 11 is 0. The van der Waals surface area contributed by atoms with Gasteiger partial charge in [-0.15, -0.1) is 0 Å². The van der Waals surface area contributed by atoms with E-state index in [4.69, 9.17) is 0 Å². The lowest BCUT2D eigenvalue weighted by atomic mass is 9.93. The second-order valence-corrected chi connectivity index (χ2v) is 4.17. The first-order valence-electron chi connectivity index (χ1n) is 5.39. The van der Waals surface area contributed by atoms with Gasteiger partial charge in [0.25, 0.3) is 0 Å². The summed E-state index contributed by atoms with van der Waals surface area (Å²) in [5, 5.41) is 0. The molecule has 2 heteroatoms. The Morgan fingerprint density at radius 2 is 2.00 bits per heavy atom. The molecular formula is C11H21NO. The number of likely N-dealkylation sites (tertiary alicyclic amines) is 1. The Kier molecular flexibility index (Phi) is 3.91. The Morgan fingerprint density at radius 1 is 1.46 bits per heavy atom. The van der Waals surface area contributed by atoms with Crippen LogP contribution in [0.1, 0.15) is 40.0 Å². The SMILES string of the molecule is CCC1CCN(C(C)C(C)=O)CC1. The molecule has 0 N–H and O–H groups in total. The highest BCUT2D eigenvalue weighted by atomic mass is 16.1. The molecule has 0 radical (unpaired) electrons. The molecule has 13 heavy (non-hydrogen) atoms. The Morgan fingerprint density at radius 3 is 2.38 bits per heavy atom. The van der Waals surface area contributed by atoms with Crippen molar-refractivity contribution in [2.24, 2.45) is 5.92 Å². The van der Waals surface area contributed by atoms with E-state index >= 15 is 0 Å². The van der Waals surface area contributed by atoms with Gasteiger partial charge in [0.05, 0.1) is 6.04 Å². The molecule has 0 aromatic heterocycles. The molecule has 0 aliphatic carbocycles. The fraction of sp³-hybridized carbons (Fsp3) is 0.909. The van der Waals surface area contributed by atoms with Crippen molar-refractivity contribution >= 4 is 5.78 Å². The summed E-state index contributed by atoms with van der Waals surface area (Å²) in [5.74, 6) is 1.20. The van der Waals surface area contributed by atoms with Crippen LogP contribution in [0.25, 0.3) is 0 Å². The Bertz CT molecular complexity index is 171. The fourth-order valence-electron chi connectivity index (χ4n) is 2.01. The molecule has 1 aliphatic heterocycles. The highest BCUT2D eigenvalue weighted by Gasteiger charge is 2.23. The zero-order chi connectivity index (χ0) is 9.84. The summed E-state index contributed by atoms with van der Waals surface area (Å²) in [6, 6.07) is 0.137. The molecule has 0 aromatic rings. The lowest BCUT2D eigenvalue weighted by molar-refractivity contribution is -0.122. The first-order chi connectivity index (χ1) is 6.15. The average molecular weight is 183 g/mol. The van der Waals surface area contributed by atoms with Gasteiger partial charge in [-0.3, -0.25) is 9.69 Å². The van der Waals surface area contributed by atoms with Gasteiger partial charge in [-0.1, -0.05) is 13.3 Å². The molecule has 1 rings (SSSR count). The predicted octanol–water partition coefficient (Wildman–Crippen LogP) is 2.09. The van der Waals surface area contributed by atoms with Crippen molar-refractivity contribution in [1.82, 2.24) is 4.90 Å². The minimum Gasteiger partial charge on any atom is -0.298 e. The van der Waals surface area contributed by atoms with Crippen LogP contribution in [0.4, 0.5) is 0 Å². The number of Topliss-reactive ketones (excluding diaryl/α,β-unsaturated/α-hetero) is 1.